The fraction of sp³-hybridized carbons (Fsp3) is 0.385. The minimum atomic E-state index is -0.983. The second-order valence-electron chi connectivity index (χ2n) is 4.51. The lowest BCUT2D eigenvalue weighted by atomic mass is 9.96. The molecular formula is C13H12ClNO4S. The molecule has 106 valence electrons. The molecule has 0 bridgehead atoms. The first-order valence-corrected chi connectivity index (χ1v) is 7.51. The SMILES string of the molecule is COc1c(Cl)cc2c(c1C1OC(=O)NC1=O)CCCS2. The highest BCUT2D eigenvalue weighted by Gasteiger charge is 2.39. The molecule has 5 nitrogen and oxygen atoms in total. The summed E-state index contributed by atoms with van der Waals surface area (Å²) < 4.78 is 10.4. The van der Waals surface area contributed by atoms with Crippen molar-refractivity contribution in [1.82, 2.24) is 5.32 Å². The molecule has 1 atom stereocenters. The molecule has 1 fully saturated rings. The van der Waals surface area contributed by atoms with E-state index in [1.165, 1.54) is 7.11 Å². The number of alkyl carbamates (subject to hydrolysis) is 1. The van der Waals surface area contributed by atoms with Gasteiger partial charge < -0.3 is 9.47 Å². The molecule has 1 N–H and O–H groups in total. The molecule has 7 heteroatoms. The van der Waals surface area contributed by atoms with Gasteiger partial charge in [-0.3, -0.25) is 10.1 Å². The van der Waals surface area contributed by atoms with E-state index in [0.29, 0.717) is 16.3 Å². The van der Waals surface area contributed by atoms with Gasteiger partial charge in [-0.1, -0.05) is 11.6 Å². The second kappa shape index (κ2) is 5.18. The number of carbonyl (C=O) groups excluding carboxylic acids is 2. The van der Waals surface area contributed by atoms with Crippen LogP contribution in [0.2, 0.25) is 5.02 Å². The summed E-state index contributed by atoms with van der Waals surface area (Å²) in [4.78, 5) is 24.2. The minimum absolute atomic E-state index is 0.405. The Hall–Kier alpha value is -1.40. The molecule has 2 aliphatic heterocycles. The zero-order valence-electron chi connectivity index (χ0n) is 10.7. The molecule has 0 aromatic heterocycles. The first-order chi connectivity index (χ1) is 9.61. The molecular weight excluding hydrogens is 302 g/mol. The van der Waals surface area contributed by atoms with Gasteiger partial charge in [0.15, 0.2) is 0 Å². The quantitative estimate of drug-likeness (QED) is 0.909. The van der Waals surface area contributed by atoms with Crippen LogP contribution in [0.15, 0.2) is 11.0 Å². The monoisotopic (exact) mass is 313 g/mol. The van der Waals surface area contributed by atoms with E-state index >= 15 is 0 Å². The number of methoxy groups -OCH3 is 1. The van der Waals surface area contributed by atoms with E-state index in [1.54, 1.807) is 11.8 Å². The average Bonchev–Trinajstić information content (AvgIpc) is 2.75. The molecule has 0 aliphatic carbocycles. The third-order valence-corrected chi connectivity index (χ3v) is 4.77. The summed E-state index contributed by atoms with van der Waals surface area (Å²) in [6.07, 6.45) is 0.0902. The first-order valence-electron chi connectivity index (χ1n) is 6.15. The average molecular weight is 314 g/mol. The summed E-state index contributed by atoms with van der Waals surface area (Å²) in [5, 5.41) is 2.56. The molecule has 2 aliphatic rings. The Morgan fingerprint density at radius 3 is 2.95 bits per heavy atom. The summed E-state index contributed by atoms with van der Waals surface area (Å²) in [5.74, 6) is 0.933. The van der Waals surface area contributed by atoms with Crippen LogP contribution >= 0.6 is 23.4 Å². The number of ether oxygens (including phenoxy) is 2. The molecule has 2 amide bonds. The lowest BCUT2D eigenvalue weighted by molar-refractivity contribution is -0.123. The molecule has 0 saturated carbocycles. The molecule has 3 rings (SSSR count). The van der Waals surface area contributed by atoms with Crippen molar-refractivity contribution in [1.29, 1.82) is 0 Å². The van der Waals surface area contributed by atoms with Gasteiger partial charge in [-0.25, -0.2) is 4.79 Å². The number of hydrogen-bond acceptors (Lipinski definition) is 5. The highest BCUT2D eigenvalue weighted by molar-refractivity contribution is 7.99. The van der Waals surface area contributed by atoms with Gasteiger partial charge in [0.2, 0.25) is 6.10 Å². The van der Waals surface area contributed by atoms with Crippen LogP contribution in [0.4, 0.5) is 4.79 Å². The number of benzene rings is 1. The van der Waals surface area contributed by atoms with Crippen LogP contribution in [0.25, 0.3) is 0 Å². The van der Waals surface area contributed by atoms with Crippen molar-refractivity contribution < 1.29 is 19.1 Å². The number of thioether (sulfide) groups is 1. The van der Waals surface area contributed by atoms with Crippen LogP contribution in [-0.2, 0) is 16.0 Å². The first kappa shape index (κ1) is 13.6. The lowest BCUT2D eigenvalue weighted by Crippen LogP contribution is -2.21. The molecule has 0 spiro atoms. The Balaban J connectivity index is 2.19. The fourth-order valence-electron chi connectivity index (χ4n) is 2.51. The van der Waals surface area contributed by atoms with Gasteiger partial charge in [0.05, 0.1) is 17.7 Å². The molecule has 0 radical (unpaired) electrons. The van der Waals surface area contributed by atoms with E-state index in [-0.39, 0.29) is 0 Å². The van der Waals surface area contributed by atoms with Gasteiger partial charge in [-0.15, -0.1) is 11.8 Å². The van der Waals surface area contributed by atoms with Crippen LogP contribution < -0.4 is 10.1 Å². The number of rotatable bonds is 2. The number of carbonyl (C=O) groups is 2. The van der Waals surface area contributed by atoms with Gasteiger partial charge in [0, 0.05) is 4.90 Å². The number of hydrogen-bond donors (Lipinski definition) is 1. The van der Waals surface area contributed by atoms with Crippen molar-refractivity contribution in [3.05, 3.63) is 22.2 Å². The van der Waals surface area contributed by atoms with Gasteiger partial charge in [0.25, 0.3) is 5.91 Å². The van der Waals surface area contributed by atoms with E-state index in [0.717, 1.165) is 29.1 Å². The van der Waals surface area contributed by atoms with Crippen molar-refractivity contribution in [3.63, 3.8) is 0 Å². The number of amides is 2. The van der Waals surface area contributed by atoms with Crippen molar-refractivity contribution in [2.75, 3.05) is 12.9 Å². The number of fused-ring (bicyclic) bond motifs is 1. The number of halogens is 1. The van der Waals surface area contributed by atoms with E-state index in [1.807, 2.05) is 6.07 Å². The second-order valence-corrected chi connectivity index (χ2v) is 6.05. The van der Waals surface area contributed by atoms with Crippen molar-refractivity contribution in [2.24, 2.45) is 0 Å². The van der Waals surface area contributed by atoms with Crippen LogP contribution in [0, 0.1) is 0 Å². The summed E-state index contributed by atoms with van der Waals surface area (Å²) in [7, 11) is 1.49. The maximum Gasteiger partial charge on any atom is 0.415 e. The summed E-state index contributed by atoms with van der Waals surface area (Å²) in [6, 6.07) is 1.84. The zero-order valence-corrected chi connectivity index (χ0v) is 12.3. The van der Waals surface area contributed by atoms with Gasteiger partial charge in [-0.05, 0) is 30.2 Å². The Morgan fingerprint density at radius 1 is 1.50 bits per heavy atom. The number of imide groups is 1. The standard InChI is InChI=1S/C13H12ClNO4S/c1-18-10-7(14)5-8-6(3-2-4-20-8)9(10)11-12(16)15-13(17)19-11/h5,11H,2-4H2,1H3,(H,15,16,17). The molecule has 1 aromatic rings. The Morgan fingerprint density at radius 2 is 2.30 bits per heavy atom. The van der Waals surface area contributed by atoms with Crippen molar-refractivity contribution in [2.45, 2.75) is 23.8 Å². The van der Waals surface area contributed by atoms with Crippen LogP contribution in [0.1, 0.15) is 23.7 Å². The number of nitrogens with one attached hydrogen (secondary N) is 1. The van der Waals surface area contributed by atoms with E-state index in [9.17, 15) is 9.59 Å². The normalized spacial score (nSPS) is 21.2. The topological polar surface area (TPSA) is 64.6 Å². The van der Waals surface area contributed by atoms with Crippen LogP contribution in [0.5, 0.6) is 5.75 Å². The third kappa shape index (κ3) is 2.13. The smallest absolute Gasteiger partial charge is 0.415 e. The van der Waals surface area contributed by atoms with Crippen LogP contribution in [-0.4, -0.2) is 24.9 Å². The largest absolute Gasteiger partial charge is 0.495 e. The van der Waals surface area contributed by atoms with Gasteiger partial charge in [-0.2, -0.15) is 0 Å². The highest BCUT2D eigenvalue weighted by Crippen LogP contribution is 2.45. The molecule has 1 saturated heterocycles. The van der Waals surface area contributed by atoms with Crippen LogP contribution in [0.3, 0.4) is 0 Å². The minimum Gasteiger partial charge on any atom is -0.495 e. The maximum absolute atomic E-state index is 11.9. The Bertz CT molecular complexity index is 605. The van der Waals surface area contributed by atoms with E-state index < -0.39 is 18.1 Å². The van der Waals surface area contributed by atoms with Gasteiger partial charge >= 0.3 is 6.09 Å². The Labute approximate surface area is 125 Å². The predicted molar refractivity (Wildman–Crippen MR) is 74.4 cm³/mol. The predicted octanol–water partition coefficient (Wildman–Crippen LogP) is 2.69. The molecule has 20 heavy (non-hydrogen) atoms. The highest BCUT2D eigenvalue weighted by atomic mass is 35.5. The van der Waals surface area contributed by atoms with Crippen molar-refractivity contribution in [3.8, 4) is 5.75 Å². The summed E-state index contributed by atoms with van der Waals surface area (Å²) in [5.41, 5.74) is 1.56. The molecule has 2 heterocycles. The fourth-order valence-corrected chi connectivity index (χ4v) is 3.96. The van der Waals surface area contributed by atoms with Crippen molar-refractivity contribution >= 4 is 35.4 Å². The summed E-state index contributed by atoms with van der Waals surface area (Å²) >= 11 is 7.90. The summed E-state index contributed by atoms with van der Waals surface area (Å²) in [6.45, 7) is 0. The van der Waals surface area contributed by atoms with E-state index in [4.69, 9.17) is 21.1 Å². The third-order valence-electron chi connectivity index (χ3n) is 3.33. The number of cyclic esters (lactones) is 1. The lowest BCUT2D eigenvalue weighted by Gasteiger charge is -2.23. The van der Waals surface area contributed by atoms with Gasteiger partial charge in [0.1, 0.15) is 5.75 Å². The zero-order chi connectivity index (χ0) is 14.3. The van der Waals surface area contributed by atoms with E-state index in [2.05, 4.69) is 5.32 Å². The Kier molecular flexibility index (Phi) is 3.52. The molecule has 1 unspecified atom stereocenters. The molecule has 1 aromatic carbocycles. The maximum atomic E-state index is 11.9.